The maximum absolute atomic E-state index is 12.4. The van der Waals surface area contributed by atoms with E-state index in [1.54, 1.807) is 0 Å². The lowest BCUT2D eigenvalue weighted by atomic mass is 10.1. The van der Waals surface area contributed by atoms with Crippen LogP contribution in [0.25, 0.3) is 0 Å². The lowest BCUT2D eigenvalue weighted by Crippen LogP contribution is -3.28. The molecule has 0 saturated carbocycles. The van der Waals surface area contributed by atoms with Crippen LogP contribution in [-0.2, 0) is 9.59 Å². The third-order valence-electron chi connectivity index (χ3n) is 5.62. The number of rotatable bonds is 7. The Morgan fingerprint density at radius 1 is 0.926 bits per heavy atom. The van der Waals surface area contributed by atoms with Crippen molar-refractivity contribution in [1.82, 2.24) is 5.32 Å². The number of anilines is 1. The smallest absolute Gasteiger partial charge is 0.279 e. The number of benzene rings is 1. The summed E-state index contributed by atoms with van der Waals surface area (Å²) in [7, 11) is 0. The molecule has 1 atom stereocenters. The second kappa shape index (κ2) is 9.85. The Hall–Kier alpha value is -1.92. The number of hydrogen-bond acceptors (Lipinski definition) is 2. The highest BCUT2D eigenvalue weighted by atomic mass is 16.2. The van der Waals surface area contributed by atoms with E-state index in [1.165, 1.54) is 9.80 Å². The van der Waals surface area contributed by atoms with Crippen molar-refractivity contribution in [3.05, 3.63) is 29.3 Å². The van der Waals surface area contributed by atoms with Crippen molar-refractivity contribution in [3.8, 4) is 0 Å². The van der Waals surface area contributed by atoms with Gasteiger partial charge in [0, 0.05) is 11.7 Å². The second-order valence-corrected chi connectivity index (χ2v) is 8.27. The summed E-state index contributed by atoms with van der Waals surface area (Å²) in [5.74, 6) is 0.636. The van der Waals surface area contributed by atoms with Gasteiger partial charge < -0.3 is 20.4 Å². The molecule has 1 aromatic carbocycles. The molecule has 0 aliphatic carbocycles. The van der Waals surface area contributed by atoms with Crippen LogP contribution in [0.1, 0.15) is 31.9 Å². The van der Waals surface area contributed by atoms with Crippen LogP contribution >= 0.6 is 0 Å². The third kappa shape index (κ3) is 6.63. The average Bonchev–Trinajstić information content (AvgIpc) is 2.60. The predicted molar refractivity (Wildman–Crippen MR) is 108 cm³/mol. The van der Waals surface area contributed by atoms with Gasteiger partial charge in [-0.1, -0.05) is 32.0 Å². The minimum absolute atomic E-state index is 0.0642. The molecule has 1 saturated heterocycles. The molecule has 2 rings (SSSR count). The van der Waals surface area contributed by atoms with Gasteiger partial charge in [-0.3, -0.25) is 9.59 Å². The molecule has 6 nitrogen and oxygen atoms in total. The zero-order valence-corrected chi connectivity index (χ0v) is 17.4. The van der Waals surface area contributed by atoms with Gasteiger partial charge in [0.25, 0.3) is 11.8 Å². The van der Waals surface area contributed by atoms with Crippen LogP contribution < -0.4 is 20.4 Å². The fourth-order valence-electron chi connectivity index (χ4n) is 3.43. The second-order valence-electron chi connectivity index (χ2n) is 8.27. The van der Waals surface area contributed by atoms with Gasteiger partial charge in [0.1, 0.15) is 26.2 Å². The summed E-state index contributed by atoms with van der Waals surface area (Å²) < 4.78 is 0. The van der Waals surface area contributed by atoms with Gasteiger partial charge in [0.15, 0.2) is 13.1 Å². The number of carbonyl (C=O) groups is 2. The summed E-state index contributed by atoms with van der Waals surface area (Å²) in [5, 5.41) is 6.15. The molecule has 27 heavy (non-hydrogen) atoms. The number of hydrogen-bond donors (Lipinski definition) is 4. The lowest BCUT2D eigenvalue weighted by molar-refractivity contribution is -1.00. The van der Waals surface area contributed by atoms with E-state index in [2.05, 4.69) is 31.4 Å². The average molecular weight is 377 g/mol. The van der Waals surface area contributed by atoms with Crippen molar-refractivity contribution in [2.24, 2.45) is 5.92 Å². The first-order valence-electron chi connectivity index (χ1n) is 10.1. The molecule has 2 amide bonds. The van der Waals surface area contributed by atoms with E-state index in [1.807, 2.05) is 32.0 Å². The molecule has 150 valence electrons. The fraction of sp³-hybridized carbons (Fsp3) is 0.619. The molecule has 1 aromatic rings. The van der Waals surface area contributed by atoms with E-state index in [9.17, 15) is 9.59 Å². The number of piperazine rings is 1. The first kappa shape index (κ1) is 21.4. The van der Waals surface area contributed by atoms with Crippen LogP contribution in [0.15, 0.2) is 18.2 Å². The van der Waals surface area contributed by atoms with Gasteiger partial charge in [0.05, 0.1) is 0 Å². The van der Waals surface area contributed by atoms with E-state index >= 15 is 0 Å². The topological polar surface area (TPSA) is 67.1 Å². The van der Waals surface area contributed by atoms with Gasteiger partial charge in [-0.05, 0) is 37.8 Å². The van der Waals surface area contributed by atoms with Crippen molar-refractivity contribution < 1.29 is 19.4 Å². The Kier molecular flexibility index (Phi) is 7.80. The van der Waals surface area contributed by atoms with E-state index in [-0.39, 0.29) is 17.9 Å². The molecule has 0 bridgehead atoms. The summed E-state index contributed by atoms with van der Waals surface area (Å²) in [6, 6.07) is 6.24. The summed E-state index contributed by atoms with van der Waals surface area (Å²) >= 11 is 0. The van der Waals surface area contributed by atoms with Crippen LogP contribution in [0.3, 0.4) is 0 Å². The first-order chi connectivity index (χ1) is 12.8. The van der Waals surface area contributed by atoms with E-state index in [4.69, 9.17) is 0 Å². The number of carbonyl (C=O) groups excluding carboxylic acids is 2. The highest BCUT2D eigenvalue weighted by Crippen LogP contribution is 2.18. The molecule has 0 unspecified atom stereocenters. The molecule has 1 aliphatic rings. The molecule has 1 fully saturated rings. The monoisotopic (exact) mass is 376 g/mol. The van der Waals surface area contributed by atoms with Crippen LogP contribution in [0.4, 0.5) is 5.69 Å². The molecular weight excluding hydrogens is 340 g/mol. The highest BCUT2D eigenvalue weighted by Gasteiger charge is 2.27. The molecule has 1 aliphatic heterocycles. The van der Waals surface area contributed by atoms with Gasteiger partial charge in [-0.2, -0.15) is 0 Å². The van der Waals surface area contributed by atoms with Crippen molar-refractivity contribution in [2.45, 2.75) is 40.7 Å². The summed E-state index contributed by atoms with van der Waals surface area (Å²) in [6.45, 7) is 15.0. The van der Waals surface area contributed by atoms with E-state index in [0.29, 0.717) is 19.0 Å². The highest BCUT2D eigenvalue weighted by molar-refractivity contribution is 5.93. The Morgan fingerprint density at radius 2 is 1.41 bits per heavy atom. The Balaban J connectivity index is 1.74. The standard InChI is InChI=1S/C21H34N4O2/c1-15(2)18(5)22-19(26)13-24-9-11-25(12-10-24)14-20(27)23-21-16(3)7-6-8-17(21)4/h6-8,15,18H,9-14H2,1-5H3,(H,22,26)(H,23,27)/p+2/t18-/m0/s1. The zero-order chi connectivity index (χ0) is 20.0. The van der Waals surface area contributed by atoms with Crippen molar-refractivity contribution in [1.29, 1.82) is 0 Å². The summed E-state index contributed by atoms with van der Waals surface area (Å²) in [4.78, 5) is 27.2. The number of quaternary nitrogens is 2. The van der Waals surface area contributed by atoms with Crippen LogP contribution in [0.2, 0.25) is 0 Å². The Bertz CT molecular complexity index is 631. The molecule has 4 N–H and O–H groups in total. The predicted octanol–water partition coefficient (Wildman–Crippen LogP) is -0.814. The zero-order valence-electron chi connectivity index (χ0n) is 17.4. The quantitative estimate of drug-likeness (QED) is 0.503. The van der Waals surface area contributed by atoms with Crippen molar-refractivity contribution in [3.63, 3.8) is 0 Å². The Morgan fingerprint density at radius 3 is 1.89 bits per heavy atom. The minimum Gasteiger partial charge on any atom is -0.348 e. The number of nitrogens with one attached hydrogen (secondary N) is 4. The van der Waals surface area contributed by atoms with Gasteiger partial charge >= 0.3 is 0 Å². The number of amides is 2. The molecule has 0 spiro atoms. The summed E-state index contributed by atoms with van der Waals surface area (Å²) in [5.41, 5.74) is 3.12. The number of aryl methyl sites for hydroxylation is 2. The maximum atomic E-state index is 12.4. The van der Waals surface area contributed by atoms with E-state index in [0.717, 1.165) is 43.0 Å². The van der Waals surface area contributed by atoms with Crippen molar-refractivity contribution in [2.75, 3.05) is 44.6 Å². The Labute approximate surface area is 163 Å². The minimum atomic E-state index is 0.0642. The summed E-state index contributed by atoms with van der Waals surface area (Å²) in [6.07, 6.45) is 0. The SMILES string of the molecule is Cc1cccc(C)c1NC(=O)C[NH+]1CC[NH+](CC(=O)N[C@@H](C)C(C)C)CC1. The van der Waals surface area contributed by atoms with Crippen LogP contribution in [-0.4, -0.2) is 57.1 Å². The lowest BCUT2D eigenvalue weighted by Gasteiger charge is -2.29. The molecule has 0 radical (unpaired) electrons. The first-order valence-corrected chi connectivity index (χ1v) is 10.1. The molecule has 6 heteroatoms. The maximum Gasteiger partial charge on any atom is 0.279 e. The number of para-hydroxylation sites is 1. The van der Waals surface area contributed by atoms with Crippen molar-refractivity contribution >= 4 is 17.5 Å². The fourth-order valence-corrected chi connectivity index (χ4v) is 3.43. The van der Waals surface area contributed by atoms with Gasteiger partial charge in [0.2, 0.25) is 0 Å². The molecular formula is C21H36N4O2+2. The molecule has 1 heterocycles. The molecule has 0 aromatic heterocycles. The third-order valence-corrected chi connectivity index (χ3v) is 5.62. The normalized spacial score (nSPS) is 21.0. The van der Waals surface area contributed by atoms with Crippen LogP contribution in [0, 0.1) is 19.8 Å². The largest absolute Gasteiger partial charge is 0.348 e. The van der Waals surface area contributed by atoms with Gasteiger partial charge in [-0.15, -0.1) is 0 Å². The van der Waals surface area contributed by atoms with Gasteiger partial charge in [-0.25, -0.2) is 0 Å². The van der Waals surface area contributed by atoms with Crippen LogP contribution in [0.5, 0.6) is 0 Å². The van der Waals surface area contributed by atoms with E-state index < -0.39 is 0 Å².